The van der Waals surface area contributed by atoms with Crippen LogP contribution in [-0.2, 0) is 23.1 Å². The third-order valence-electron chi connectivity index (χ3n) is 3.32. The molecular formula is C18H22N2O2S. The highest BCUT2D eigenvalue weighted by molar-refractivity contribution is 7.83. The fourth-order valence-corrected chi connectivity index (χ4v) is 2.92. The van der Waals surface area contributed by atoms with Gasteiger partial charge in [-0.25, -0.2) is 0 Å². The first-order valence-corrected chi connectivity index (χ1v) is 9.31. The largest absolute Gasteiger partial charge is 0.322 e. The minimum atomic E-state index is -0.921. The van der Waals surface area contributed by atoms with Crippen molar-refractivity contribution in [3.63, 3.8) is 0 Å². The zero-order chi connectivity index (χ0) is 16.7. The van der Waals surface area contributed by atoms with Crippen molar-refractivity contribution in [2.45, 2.75) is 19.2 Å². The molecule has 0 saturated heterocycles. The molecule has 5 heteroatoms. The standard InChI is InChI=1S/C18H22N2O2S/c1-3-19-12-14-6-5-9-17(11-14)20-18(21)16-8-4-7-15(10-16)13-23(2)22/h4-11,19H,3,12-13H2,1-2H3,(H,20,21). The summed E-state index contributed by atoms with van der Waals surface area (Å²) in [6, 6.07) is 15.0. The highest BCUT2D eigenvalue weighted by atomic mass is 32.2. The summed E-state index contributed by atoms with van der Waals surface area (Å²) in [5.74, 6) is 0.300. The lowest BCUT2D eigenvalue weighted by Gasteiger charge is -2.09. The van der Waals surface area contributed by atoms with Gasteiger partial charge in [0.05, 0.1) is 0 Å². The summed E-state index contributed by atoms with van der Waals surface area (Å²) < 4.78 is 11.3. The summed E-state index contributed by atoms with van der Waals surface area (Å²) in [6.07, 6.45) is 1.66. The average molecular weight is 330 g/mol. The van der Waals surface area contributed by atoms with Gasteiger partial charge < -0.3 is 10.6 Å². The Morgan fingerprint density at radius 3 is 2.57 bits per heavy atom. The van der Waals surface area contributed by atoms with Crippen LogP contribution in [0.2, 0.25) is 0 Å². The molecule has 0 aliphatic carbocycles. The number of carbonyl (C=O) groups excluding carboxylic acids is 1. The van der Waals surface area contributed by atoms with Gasteiger partial charge in [-0.05, 0) is 41.9 Å². The second-order valence-corrected chi connectivity index (χ2v) is 6.79. The molecule has 1 atom stereocenters. The van der Waals surface area contributed by atoms with Gasteiger partial charge in [-0.15, -0.1) is 0 Å². The van der Waals surface area contributed by atoms with Crippen LogP contribution in [0.25, 0.3) is 0 Å². The summed E-state index contributed by atoms with van der Waals surface area (Å²) in [7, 11) is -0.921. The molecule has 1 unspecified atom stereocenters. The minimum Gasteiger partial charge on any atom is -0.322 e. The van der Waals surface area contributed by atoms with Gasteiger partial charge in [0, 0.05) is 40.6 Å². The molecule has 1 amide bonds. The highest BCUT2D eigenvalue weighted by Crippen LogP contribution is 2.14. The number of rotatable bonds is 7. The summed E-state index contributed by atoms with van der Waals surface area (Å²) in [4.78, 5) is 12.4. The van der Waals surface area contributed by atoms with Crippen molar-refractivity contribution in [3.05, 3.63) is 65.2 Å². The second-order valence-electron chi connectivity index (χ2n) is 5.35. The van der Waals surface area contributed by atoms with Crippen LogP contribution in [0.4, 0.5) is 5.69 Å². The number of nitrogens with one attached hydrogen (secondary N) is 2. The second kappa shape index (κ2) is 8.60. The van der Waals surface area contributed by atoms with Crippen molar-refractivity contribution in [2.75, 3.05) is 18.1 Å². The van der Waals surface area contributed by atoms with Crippen molar-refractivity contribution in [3.8, 4) is 0 Å². The number of anilines is 1. The van der Waals surface area contributed by atoms with Crippen molar-refractivity contribution >= 4 is 22.4 Å². The van der Waals surface area contributed by atoms with Gasteiger partial charge in [-0.1, -0.05) is 31.2 Å². The molecule has 0 saturated carbocycles. The van der Waals surface area contributed by atoms with Gasteiger partial charge in [0.25, 0.3) is 5.91 Å². The maximum atomic E-state index is 12.4. The Bertz CT molecular complexity index is 701. The van der Waals surface area contributed by atoms with Gasteiger partial charge in [0.15, 0.2) is 0 Å². The van der Waals surface area contributed by atoms with E-state index >= 15 is 0 Å². The van der Waals surface area contributed by atoms with Crippen molar-refractivity contribution in [1.29, 1.82) is 0 Å². The van der Waals surface area contributed by atoms with E-state index in [0.29, 0.717) is 11.3 Å². The number of hydrogen-bond acceptors (Lipinski definition) is 3. The Hall–Kier alpha value is -1.98. The summed E-state index contributed by atoms with van der Waals surface area (Å²) in [5, 5.41) is 6.17. The van der Waals surface area contributed by atoms with E-state index in [1.165, 1.54) is 0 Å². The van der Waals surface area contributed by atoms with E-state index in [0.717, 1.165) is 29.9 Å². The smallest absolute Gasteiger partial charge is 0.255 e. The van der Waals surface area contributed by atoms with E-state index in [1.807, 2.05) is 36.4 Å². The van der Waals surface area contributed by atoms with Crippen LogP contribution in [0.5, 0.6) is 0 Å². The van der Waals surface area contributed by atoms with E-state index in [9.17, 15) is 9.00 Å². The molecule has 0 heterocycles. The van der Waals surface area contributed by atoms with Crippen LogP contribution < -0.4 is 10.6 Å². The van der Waals surface area contributed by atoms with Gasteiger partial charge in [0.2, 0.25) is 0 Å². The maximum Gasteiger partial charge on any atom is 0.255 e. The number of carbonyl (C=O) groups is 1. The first kappa shape index (κ1) is 17.4. The van der Waals surface area contributed by atoms with Gasteiger partial charge in [0.1, 0.15) is 0 Å². The molecule has 2 aromatic rings. The Labute approximate surface area is 139 Å². The van der Waals surface area contributed by atoms with Gasteiger partial charge in [-0.2, -0.15) is 0 Å². The lowest BCUT2D eigenvalue weighted by molar-refractivity contribution is 0.102. The van der Waals surface area contributed by atoms with E-state index in [1.54, 1.807) is 18.4 Å². The molecule has 2 aromatic carbocycles. The molecule has 0 spiro atoms. The molecule has 122 valence electrons. The van der Waals surface area contributed by atoms with E-state index in [4.69, 9.17) is 0 Å². The Balaban J connectivity index is 2.08. The quantitative estimate of drug-likeness (QED) is 0.821. The Kier molecular flexibility index (Phi) is 6.50. The third kappa shape index (κ3) is 5.62. The predicted octanol–water partition coefficient (Wildman–Crippen LogP) is 2.93. The molecule has 0 aliphatic rings. The van der Waals surface area contributed by atoms with Crippen LogP contribution in [0.1, 0.15) is 28.4 Å². The molecule has 0 aliphatic heterocycles. The summed E-state index contributed by atoms with van der Waals surface area (Å²) >= 11 is 0. The molecule has 2 N–H and O–H groups in total. The Morgan fingerprint density at radius 2 is 1.83 bits per heavy atom. The fraction of sp³-hybridized carbons (Fsp3) is 0.278. The molecule has 23 heavy (non-hydrogen) atoms. The first-order valence-electron chi connectivity index (χ1n) is 7.58. The maximum absolute atomic E-state index is 12.4. The highest BCUT2D eigenvalue weighted by Gasteiger charge is 2.08. The van der Waals surface area contributed by atoms with Crippen LogP contribution in [0.15, 0.2) is 48.5 Å². The zero-order valence-electron chi connectivity index (χ0n) is 13.5. The van der Waals surface area contributed by atoms with Crippen molar-refractivity contribution < 1.29 is 9.00 Å². The molecule has 0 bridgehead atoms. The topological polar surface area (TPSA) is 58.2 Å². The van der Waals surface area contributed by atoms with Crippen LogP contribution in [-0.4, -0.2) is 22.9 Å². The lowest BCUT2D eigenvalue weighted by atomic mass is 10.1. The summed E-state index contributed by atoms with van der Waals surface area (Å²) in [6.45, 7) is 3.74. The molecule has 2 rings (SSSR count). The van der Waals surface area contributed by atoms with Crippen LogP contribution in [0.3, 0.4) is 0 Å². The number of hydrogen-bond donors (Lipinski definition) is 2. The van der Waals surface area contributed by atoms with E-state index < -0.39 is 10.8 Å². The monoisotopic (exact) mass is 330 g/mol. The zero-order valence-corrected chi connectivity index (χ0v) is 14.3. The SMILES string of the molecule is CCNCc1cccc(NC(=O)c2cccc(CS(C)=O)c2)c1. The van der Waals surface area contributed by atoms with Gasteiger partial charge >= 0.3 is 0 Å². The molecular weight excluding hydrogens is 308 g/mol. The lowest BCUT2D eigenvalue weighted by Crippen LogP contribution is -2.14. The molecule has 0 aromatic heterocycles. The van der Waals surface area contributed by atoms with Crippen molar-refractivity contribution in [2.24, 2.45) is 0 Å². The predicted molar refractivity (Wildman–Crippen MR) is 96.0 cm³/mol. The van der Waals surface area contributed by atoms with E-state index in [2.05, 4.69) is 17.6 Å². The fourth-order valence-electron chi connectivity index (χ4n) is 2.27. The van der Waals surface area contributed by atoms with Crippen LogP contribution in [0, 0.1) is 0 Å². The summed E-state index contributed by atoms with van der Waals surface area (Å²) in [5.41, 5.74) is 3.37. The first-order chi connectivity index (χ1) is 11.1. The molecule has 0 radical (unpaired) electrons. The molecule has 4 nitrogen and oxygen atoms in total. The number of benzene rings is 2. The van der Waals surface area contributed by atoms with Crippen molar-refractivity contribution in [1.82, 2.24) is 5.32 Å². The molecule has 0 fully saturated rings. The Morgan fingerprint density at radius 1 is 1.09 bits per heavy atom. The third-order valence-corrected chi connectivity index (χ3v) is 4.06. The van der Waals surface area contributed by atoms with E-state index in [-0.39, 0.29) is 5.91 Å². The number of amides is 1. The van der Waals surface area contributed by atoms with Gasteiger partial charge in [-0.3, -0.25) is 9.00 Å². The van der Waals surface area contributed by atoms with Crippen LogP contribution >= 0.6 is 0 Å². The minimum absolute atomic E-state index is 0.158. The normalized spacial score (nSPS) is 11.9. The average Bonchev–Trinajstić information content (AvgIpc) is 2.53.